The molecule has 0 bridgehead atoms. The number of amides is 1. The molecule has 1 amide bonds. The zero-order valence-corrected chi connectivity index (χ0v) is 43.7. The minimum absolute atomic E-state index is 0.0237. The molecule has 0 spiro atoms. The number of carbonyl (C=O) groups is 2. The van der Waals surface area contributed by atoms with Crippen LogP contribution in [0.2, 0.25) is 0 Å². The molecule has 0 aromatic carbocycles. The number of unbranched alkanes of at least 4 members (excludes halogenated alkanes) is 39. The van der Waals surface area contributed by atoms with Crippen LogP contribution in [0.1, 0.15) is 316 Å². The van der Waals surface area contributed by atoms with Crippen LogP contribution >= 0.6 is 0 Å². The standard InChI is InChI=1S/C59H113NO5/c1-3-5-7-9-11-13-15-17-18-19-20-21-22-23-24-25-26-28-31-35-39-43-47-51-57(62)56(55-61)60-58(63)52-48-44-40-36-32-29-30-34-38-42-46-50-54-65-59(64)53-49-45-41-37-33-27-16-14-12-10-8-6-4-2/h8,10,14,16,56-57,61-62H,3-7,9,11-13,15,17-55H2,1-2H3,(H,60,63)/b10-8-,16-14-. The van der Waals surface area contributed by atoms with Crippen molar-refractivity contribution in [3.8, 4) is 0 Å². The van der Waals surface area contributed by atoms with E-state index >= 15 is 0 Å². The Labute approximate surface area is 405 Å². The predicted octanol–water partition coefficient (Wildman–Crippen LogP) is 17.9. The van der Waals surface area contributed by atoms with Crippen LogP contribution in [0.25, 0.3) is 0 Å². The van der Waals surface area contributed by atoms with E-state index in [1.54, 1.807) is 0 Å². The number of aliphatic hydroxyl groups is 2. The molecular weight excluding hydrogens is 803 g/mol. The second kappa shape index (κ2) is 54.9. The van der Waals surface area contributed by atoms with E-state index in [1.807, 2.05) is 0 Å². The van der Waals surface area contributed by atoms with Gasteiger partial charge in [0.15, 0.2) is 0 Å². The quantitative estimate of drug-likeness (QED) is 0.0321. The summed E-state index contributed by atoms with van der Waals surface area (Å²) in [6.45, 7) is 4.87. The Morgan fingerprint density at radius 1 is 0.431 bits per heavy atom. The van der Waals surface area contributed by atoms with E-state index in [0.717, 1.165) is 70.6 Å². The van der Waals surface area contributed by atoms with E-state index < -0.39 is 12.1 Å². The maximum Gasteiger partial charge on any atom is 0.305 e. The van der Waals surface area contributed by atoms with Gasteiger partial charge in [0.1, 0.15) is 0 Å². The third-order valence-electron chi connectivity index (χ3n) is 13.5. The van der Waals surface area contributed by atoms with Gasteiger partial charge in [0.05, 0.1) is 25.4 Å². The summed E-state index contributed by atoms with van der Waals surface area (Å²) in [5.74, 6) is -0.0722. The summed E-state index contributed by atoms with van der Waals surface area (Å²) in [6.07, 6.45) is 65.9. The van der Waals surface area contributed by atoms with Gasteiger partial charge in [-0.1, -0.05) is 276 Å². The van der Waals surface area contributed by atoms with Crippen LogP contribution in [0.4, 0.5) is 0 Å². The van der Waals surface area contributed by atoms with Crippen LogP contribution < -0.4 is 5.32 Å². The van der Waals surface area contributed by atoms with E-state index in [0.29, 0.717) is 25.9 Å². The highest BCUT2D eigenvalue weighted by Gasteiger charge is 2.20. The number of rotatable bonds is 54. The average Bonchev–Trinajstić information content (AvgIpc) is 3.31. The average molecular weight is 917 g/mol. The highest BCUT2D eigenvalue weighted by atomic mass is 16.5. The van der Waals surface area contributed by atoms with E-state index in [4.69, 9.17) is 4.74 Å². The predicted molar refractivity (Wildman–Crippen MR) is 283 cm³/mol. The van der Waals surface area contributed by atoms with Crippen LogP contribution in [0, 0.1) is 0 Å². The maximum absolute atomic E-state index is 12.5. The zero-order valence-electron chi connectivity index (χ0n) is 43.7. The van der Waals surface area contributed by atoms with E-state index in [9.17, 15) is 19.8 Å². The minimum atomic E-state index is -0.676. The molecule has 0 aliphatic rings. The molecule has 0 aromatic heterocycles. The summed E-state index contributed by atoms with van der Waals surface area (Å²) in [5.41, 5.74) is 0. The number of ether oxygens (including phenoxy) is 1. The zero-order chi connectivity index (χ0) is 47.2. The van der Waals surface area contributed by atoms with Gasteiger partial charge in [0, 0.05) is 12.8 Å². The van der Waals surface area contributed by atoms with E-state index in [-0.39, 0.29) is 18.5 Å². The Morgan fingerprint density at radius 3 is 1.23 bits per heavy atom. The molecule has 0 saturated carbocycles. The molecule has 0 aliphatic heterocycles. The molecule has 0 aliphatic carbocycles. The number of nitrogens with one attached hydrogen (secondary N) is 1. The monoisotopic (exact) mass is 916 g/mol. The lowest BCUT2D eigenvalue weighted by Crippen LogP contribution is -2.45. The Hall–Kier alpha value is -1.66. The first-order valence-corrected chi connectivity index (χ1v) is 29.1. The largest absolute Gasteiger partial charge is 0.466 e. The molecule has 0 rings (SSSR count). The number of esters is 1. The van der Waals surface area contributed by atoms with Gasteiger partial charge in [0.25, 0.3) is 0 Å². The van der Waals surface area contributed by atoms with Crippen molar-refractivity contribution in [3.05, 3.63) is 24.3 Å². The van der Waals surface area contributed by atoms with Gasteiger partial charge in [-0.25, -0.2) is 0 Å². The Kier molecular flexibility index (Phi) is 53.5. The second-order valence-corrected chi connectivity index (χ2v) is 20.0. The van der Waals surface area contributed by atoms with Crippen molar-refractivity contribution in [1.82, 2.24) is 5.32 Å². The third-order valence-corrected chi connectivity index (χ3v) is 13.5. The van der Waals surface area contributed by atoms with Gasteiger partial charge in [-0.15, -0.1) is 0 Å². The molecular formula is C59H113NO5. The van der Waals surface area contributed by atoms with Crippen molar-refractivity contribution >= 4 is 11.9 Å². The Morgan fingerprint density at radius 2 is 0.800 bits per heavy atom. The fourth-order valence-electron chi connectivity index (χ4n) is 9.03. The lowest BCUT2D eigenvalue weighted by molar-refractivity contribution is -0.143. The minimum Gasteiger partial charge on any atom is -0.466 e. The molecule has 0 saturated heterocycles. The molecule has 65 heavy (non-hydrogen) atoms. The van der Waals surface area contributed by atoms with Crippen molar-refractivity contribution in [1.29, 1.82) is 0 Å². The van der Waals surface area contributed by atoms with Crippen molar-refractivity contribution in [2.75, 3.05) is 13.2 Å². The van der Waals surface area contributed by atoms with Crippen molar-refractivity contribution in [2.24, 2.45) is 0 Å². The van der Waals surface area contributed by atoms with Gasteiger partial charge in [-0.3, -0.25) is 9.59 Å². The van der Waals surface area contributed by atoms with Gasteiger partial charge in [0.2, 0.25) is 5.91 Å². The van der Waals surface area contributed by atoms with Crippen LogP contribution in [0.5, 0.6) is 0 Å². The highest BCUT2D eigenvalue weighted by Crippen LogP contribution is 2.18. The first-order chi connectivity index (χ1) is 32.0. The summed E-state index contributed by atoms with van der Waals surface area (Å²) in [6, 6.07) is -0.555. The Bertz CT molecular complexity index is 1010. The van der Waals surface area contributed by atoms with Crippen LogP contribution in [-0.4, -0.2) is 47.4 Å². The van der Waals surface area contributed by atoms with Crippen molar-refractivity contribution in [2.45, 2.75) is 328 Å². The fraction of sp³-hybridized carbons (Fsp3) is 0.898. The number of aliphatic hydroxyl groups excluding tert-OH is 2. The fourth-order valence-corrected chi connectivity index (χ4v) is 9.03. The molecule has 0 fully saturated rings. The maximum atomic E-state index is 12.5. The normalized spacial score (nSPS) is 12.7. The molecule has 6 nitrogen and oxygen atoms in total. The molecule has 6 heteroatoms. The molecule has 2 unspecified atom stereocenters. The topological polar surface area (TPSA) is 95.9 Å². The van der Waals surface area contributed by atoms with Crippen LogP contribution in [0.3, 0.4) is 0 Å². The van der Waals surface area contributed by atoms with Gasteiger partial charge < -0.3 is 20.3 Å². The summed E-state index contributed by atoms with van der Waals surface area (Å²) >= 11 is 0. The lowest BCUT2D eigenvalue weighted by atomic mass is 10.0. The summed E-state index contributed by atoms with van der Waals surface area (Å²) in [5, 5.41) is 23.3. The number of hydrogen-bond acceptors (Lipinski definition) is 5. The smallest absolute Gasteiger partial charge is 0.305 e. The van der Waals surface area contributed by atoms with Gasteiger partial charge >= 0.3 is 5.97 Å². The number of hydrogen-bond donors (Lipinski definition) is 3. The van der Waals surface area contributed by atoms with Gasteiger partial charge in [-0.2, -0.15) is 0 Å². The Balaban J connectivity index is 3.46. The summed E-state index contributed by atoms with van der Waals surface area (Å²) in [4.78, 5) is 24.5. The number of carbonyl (C=O) groups excluding carboxylic acids is 2. The SMILES string of the molecule is CCC/C=C\C/C=C\CCCCCCCC(=O)OCCCCCCCCCCCCCCC(=O)NC(CO)C(O)CCCCCCCCCCCCCCCCCCCCCCCCC. The van der Waals surface area contributed by atoms with Crippen molar-refractivity contribution < 1.29 is 24.5 Å². The molecule has 2 atom stereocenters. The summed E-state index contributed by atoms with van der Waals surface area (Å²) in [7, 11) is 0. The van der Waals surface area contributed by atoms with Crippen molar-refractivity contribution in [3.63, 3.8) is 0 Å². The second-order valence-electron chi connectivity index (χ2n) is 20.0. The van der Waals surface area contributed by atoms with Crippen LogP contribution in [0.15, 0.2) is 24.3 Å². The summed E-state index contributed by atoms with van der Waals surface area (Å²) < 4.78 is 5.45. The van der Waals surface area contributed by atoms with E-state index in [1.165, 1.54) is 212 Å². The lowest BCUT2D eigenvalue weighted by Gasteiger charge is -2.22. The molecule has 0 radical (unpaired) electrons. The molecule has 384 valence electrons. The number of allylic oxidation sites excluding steroid dienone is 4. The van der Waals surface area contributed by atoms with Crippen LogP contribution in [-0.2, 0) is 14.3 Å². The third kappa shape index (κ3) is 51.6. The first-order valence-electron chi connectivity index (χ1n) is 29.1. The van der Waals surface area contributed by atoms with E-state index in [2.05, 4.69) is 43.5 Å². The first kappa shape index (κ1) is 63.3. The van der Waals surface area contributed by atoms with Gasteiger partial charge in [-0.05, 0) is 51.4 Å². The molecule has 3 N–H and O–H groups in total. The highest BCUT2D eigenvalue weighted by molar-refractivity contribution is 5.76. The molecule has 0 aromatic rings. The molecule has 0 heterocycles.